The molecule has 0 amide bonds. The van der Waals surface area contributed by atoms with Gasteiger partial charge < -0.3 is 15.7 Å². The fraction of sp³-hybridized carbons (Fsp3) is 0.308. The third-order valence-electron chi connectivity index (χ3n) is 6.26. The summed E-state index contributed by atoms with van der Waals surface area (Å²) < 4.78 is 0.747. The van der Waals surface area contributed by atoms with Crippen LogP contribution in [0.4, 0.5) is 17.5 Å². The van der Waals surface area contributed by atoms with Crippen molar-refractivity contribution in [1.29, 1.82) is 5.26 Å². The summed E-state index contributed by atoms with van der Waals surface area (Å²) in [5, 5.41) is 25.6. The molecule has 1 saturated heterocycles. The summed E-state index contributed by atoms with van der Waals surface area (Å²) in [5.41, 5.74) is 4.61. The van der Waals surface area contributed by atoms with Crippen molar-refractivity contribution in [1.82, 2.24) is 14.9 Å². The maximum atomic E-state index is 11.1. The van der Waals surface area contributed by atoms with Gasteiger partial charge in [0.15, 0.2) is 0 Å². The predicted octanol–water partition coefficient (Wildman–Crippen LogP) is 5.90. The zero-order chi connectivity index (χ0) is 25.8. The van der Waals surface area contributed by atoms with Crippen molar-refractivity contribution in [3.05, 3.63) is 73.8 Å². The lowest BCUT2D eigenvalue weighted by molar-refractivity contribution is 0.0697. The van der Waals surface area contributed by atoms with Gasteiger partial charge in [0.2, 0.25) is 5.95 Å². The zero-order valence-corrected chi connectivity index (χ0v) is 22.3. The van der Waals surface area contributed by atoms with Gasteiger partial charge in [0.25, 0.3) is 0 Å². The van der Waals surface area contributed by atoms with E-state index in [9.17, 15) is 10.1 Å². The largest absolute Gasteiger partial charge is 0.478 e. The number of piperidine rings is 1. The average Bonchev–Trinajstić information content (AvgIpc) is 2.85. The number of aryl methyl sites for hydroxylation is 2. The molecule has 10 heteroatoms. The highest BCUT2D eigenvalue weighted by atomic mass is 79.9. The number of halogens is 2. The van der Waals surface area contributed by atoms with Gasteiger partial charge in [-0.25, -0.2) is 9.78 Å². The summed E-state index contributed by atoms with van der Waals surface area (Å²) in [6.45, 7) is 6.36. The van der Waals surface area contributed by atoms with Crippen LogP contribution in [0.15, 0.2) is 41.0 Å². The molecule has 1 aliphatic heterocycles. The summed E-state index contributed by atoms with van der Waals surface area (Å²) in [7, 11) is 0. The molecule has 2 aromatic carbocycles. The first-order valence-corrected chi connectivity index (χ1v) is 12.7. The summed E-state index contributed by atoms with van der Waals surface area (Å²) in [4.78, 5) is 22.6. The Kier molecular flexibility index (Phi) is 8.09. The maximum absolute atomic E-state index is 11.1. The Hall–Kier alpha value is -3.19. The van der Waals surface area contributed by atoms with Crippen molar-refractivity contribution < 1.29 is 9.90 Å². The standard InChI is InChI=1S/C26H26BrClN6O2/c1-15-9-17(12-29)10-16(2)23(15)32-24-21(27)13-30-26(33-24)31-20-5-7-34(8-6-20)14-19-4-3-18(25(35)36)11-22(19)28/h3-4,9-11,13,20H,5-8,14H2,1-2H3,(H,35,36)(H2,30,31,32,33). The Morgan fingerprint density at radius 2 is 1.94 bits per heavy atom. The van der Waals surface area contributed by atoms with Crippen molar-refractivity contribution in [2.45, 2.75) is 39.3 Å². The van der Waals surface area contributed by atoms with Crippen LogP contribution in [-0.4, -0.2) is 45.1 Å². The van der Waals surface area contributed by atoms with Crippen molar-refractivity contribution in [3.8, 4) is 6.07 Å². The van der Waals surface area contributed by atoms with E-state index < -0.39 is 5.97 Å². The minimum absolute atomic E-state index is 0.194. The van der Waals surface area contributed by atoms with Gasteiger partial charge in [0, 0.05) is 42.6 Å². The molecule has 2 heterocycles. The number of nitriles is 1. The molecule has 0 saturated carbocycles. The molecule has 3 N–H and O–H groups in total. The number of aromatic carboxylic acids is 1. The Balaban J connectivity index is 1.37. The first kappa shape index (κ1) is 25.9. The summed E-state index contributed by atoms with van der Waals surface area (Å²) >= 11 is 9.84. The Morgan fingerprint density at radius 3 is 2.56 bits per heavy atom. The van der Waals surface area contributed by atoms with Crippen LogP contribution in [0.1, 0.15) is 45.5 Å². The van der Waals surface area contributed by atoms with Gasteiger partial charge in [0.1, 0.15) is 5.82 Å². The number of likely N-dealkylation sites (tertiary alicyclic amines) is 1. The number of rotatable bonds is 7. The lowest BCUT2D eigenvalue weighted by atomic mass is 10.0. The van der Waals surface area contributed by atoms with Gasteiger partial charge in [0.05, 0.1) is 21.7 Å². The van der Waals surface area contributed by atoms with E-state index in [1.54, 1.807) is 18.3 Å². The van der Waals surface area contributed by atoms with Crippen molar-refractivity contribution in [2.75, 3.05) is 23.7 Å². The van der Waals surface area contributed by atoms with E-state index in [4.69, 9.17) is 16.7 Å². The SMILES string of the molecule is Cc1cc(C#N)cc(C)c1Nc1nc(NC2CCN(Cc3ccc(C(=O)O)cc3Cl)CC2)ncc1Br. The number of carboxylic acid groups (broad SMARTS) is 1. The highest BCUT2D eigenvalue weighted by molar-refractivity contribution is 9.10. The molecule has 1 aromatic heterocycles. The molecule has 0 spiro atoms. The number of hydrogen-bond donors (Lipinski definition) is 3. The van der Waals surface area contributed by atoms with Crippen LogP contribution in [0.25, 0.3) is 0 Å². The Labute approximate surface area is 223 Å². The molecule has 0 radical (unpaired) electrons. The molecule has 0 atom stereocenters. The van der Waals surface area contributed by atoms with Crippen molar-refractivity contribution in [3.63, 3.8) is 0 Å². The van der Waals surface area contributed by atoms with Gasteiger partial charge in [-0.15, -0.1) is 0 Å². The van der Waals surface area contributed by atoms with Gasteiger partial charge in [-0.1, -0.05) is 17.7 Å². The van der Waals surface area contributed by atoms with Crippen LogP contribution in [-0.2, 0) is 6.54 Å². The molecule has 1 aliphatic rings. The number of benzene rings is 2. The van der Waals surface area contributed by atoms with E-state index in [0.717, 1.165) is 52.8 Å². The minimum atomic E-state index is -0.981. The fourth-order valence-electron chi connectivity index (χ4n) is 4.34. The van der Waals surface area contributed by atoms with Crippen LogP contribution in [0.3, 0.4) is 0 Å². The van der Waals surface area contributed by atoms with Gasteiger partial charge in [-0.05, 0) is 83.6 Å². The molecule has 186 valence electrons. The van der Waals surface area contributed by atoms with Crippen LogP contribution < -0.4 is 10.6 Å². The van der Waals surface area contributed by atoms with Gasteiger partial charge in [-0.3, -0.25) is 4.90 Å². The molecule has 4 rings (SSSR count). The third-order valence-corrected chi connectivity index (χ3v) is 7.20. The van der Waals surface area contributed by atoms with E-state index in [2.05, 4.69) is 47.5 Å². The number of nitrogens with one attached hydrogen (secondary N) is 2. The topological polar surface area (TPSA) is 114 Å². The van der Waals surface area contributed by atoms with Crippen LogP contribution in [0.5, 0.6) is 0 Å². The highest BCUT2D eigenvalue weighted by Gasteiger charge is 2.21. The van der Waals surface area contributed by atoms with Crippen LogP contribution in [0.2, 0.25) is 5.02 Å². The highest BCUT2D eigenvalue weighted by Crippen LogP contribution is 2.30. The zero-order valence-electron chi connectivity index (χ0n) is 20.0. The normalized spacial score (nSPS) is 14.3. The Morgan fingerprint density at radius 1 is 1.25 bits per heavy atom. The maximum Gasteiger partial charge on any atom is 0.335 e. The van der Waals surface area contributed by atoms with E-state index in [1.165, 1.54) is 6.07 Å². The smallest absolute Gasteiger partial charge is 0.335 e. The Bertz CT molecular complexity index is 1310. The van der Waals surface area contributed by atoms with E-state index in [-0.39, 0.29) is 11.6 Å². The first-order valence-electron chi connectivity index (χ1n) is 11.5. The van der Waals surface area contributed by atoms with Gasteiger partial charge in [-0.2, -0.15) is 10.2 Å². The summed E-state index contributed by atoms with van der Waals surface area (Å²) in [6.07, 6.45) is 3.56. The number of anilines is 3. The summed E-state index contributed by atoms with van der Waals surface area (Å²) in [5.74, 6) is 0.224. The average molecular weight is 570 g/mol. The molecule has 0 bridgehead atoms. The second-order valence-corrected chi connectivity index (χ2v) is 10.2. The summed E-state index contributed by atoms with van der Waals surface area (Å²) in [6, 6.07) is 11.0. The second kappa shape index (κ2) is 11.2. The molecular weight excluding hydrogens is 544 g/mol. The molecule has 3 aromatic rings. The molecule has 36 heavy (non-hydrogen) atoms. The molecule has 0 unspecified atom stereocenters. The van der Waals surface area contributed by atoms with Crippen molar-refractivity contribution in [2.24, 2.45) is 0 Å². The number of nitrogens with zero attached hydrogens (tertiary/aromatic N) is 4. The van der Waals surface area contributed by atoms with E-state index >= 15 is 0 Å². The van der Waals surface area contributed by atoms with E-state index in [0.29, 0.717) is 28.9 Å². The fourth-order valence-corrected chi connectivity index (χ4v) is 4.87. The van der Waals surface area contributed by atoms with Crippen LogP contribution >= 0.6 is 27.5 Å². The number of hydrogen-bond acceptors (Lipinski definition) is 7. The minimum Gasteiger partial charge on any atom is -0.478 e. The second-order valence-electron chi connectivity index (χ2n) is 8.92. The quantitative estimate of drug-likeness (QED) is 0.322. The van der Waals surface area contributed by atoms with Gasteiger partial charge >= 0.3 is 5.97 Å². The first-order chi connectivity index (χ1) is 17.2. The van der Waals surface area contributed by atoms with Crippen molar-refractivity contribution >= 4 is 51.0 Å². The molecule has 8 nitrogen and oxygen atoms in total. The molecule has 1 fully saturated rings. The number of aromatic nitrogens is 2. The number of carbonyl (C=O) groups is 1. The molecule has 0 aliphatic carbocycles. The monoisotopic (exact) mass is 568 g/mol. The third kappa shape index (κ3) is 6.13. The predicted molar refractivity (Wildman–Crippen MR) is 144 cm³/mol. The lowest BCUT2D eigenvalue weighted by Crippen LogP contribution is -2.39. The van der Waals surface area contributed by atoms with Crippen LogP contribution in [0, 0.1) is 25.2 Å². The van der Waals surface area contributed by atoms with E-state index in [1.807, 2.05) is 26.0 Å². The number of carboxylic acids is 1. The molecular formula is C26H26BrClN6O2. The lowest BCUT2D eigenvalue weighted by Gasteiger charge is -2.32.